The third-order valence-corrected chi connectivity index (χ3v) is 5.81. The van der Waals surface area contributed by atoms with E-state index in [1.807, 2.05) is 18.0 Å². The van der Waals surface area contributed by atoms with Crippen LogP contribution in [-0.2, 0) is 0 Å². The lowest BCUT2D eigenvalue weighted by Crippen LogP contribution is -2.63. The Balaban J connectivity index is 1.23. The van der Waals surface area contributed by atoms with Crippen LogP contribution in [0.4, 0.5) is 16.0 Å². The van der Waals surface area contributed by atoms with E-state index in [4.69, 9.17) is 4.74 Å². The number of rotatable bonds is 6. The van der Waals surface area contributed by atoms with Gasteiger partial charge in [-0.05, 0) is 32.9 Å². The van der Waals surface area contributed by atoms with Gasteiger partial charge < -0.3 is 19.9 Å². The number of nitrogens with one attached hydrogen (secondary N) is 1. The molecule has 2 aliphatic heterocycles. The number of likely N-dealkylation sites (tertiary alicyclic amines) is 1. The van der Waals surface area contributed by atoms with Crippen molar-refractivity contribution in [2.75, 3.05) is 50.1 Å². The van der Waals surface area contributed by atoms with E-state index in [-0.39, 0.29) is 18.8 Å². The Kier molecular flexibility index (Phi) is 5.12. The van der Waals surface area contributed by atoms with E-state index in [0.717, 1.165) is 31.6 Å². The number of carbonyl (C=O) groups is 1. The summed E-state index contributed by atoms with van der Waals surface area (Å²) in [5, 5.41) is 2.70. The second-order valence-corrected chi connectivity index (χ2v) is 8.45. The zero-order chi connectivity index (χ0) is 22.3. The highest BCUT2D eigenvalue weighted by molar-refractivity contribution is 6.02. The zero-order valence-corrected chi connectivity index (χ0v) is 18.1. The van der Waals surface area contributed by atoms with Crippen LogP contribution in [0.2, 0.25) is 0 Å². The van der Waals surface area contributed by atoms with E-state index >= 15 is 0 Å². The molecule has 3 aromatic rings. The first-order valence-corrected chi connectivity index (χ1v) is 10.6. The van der Waals surface area contributed by atoms with Crippen molar-refractivity contribution < 1.29 is 13.9 Å². The Morgan fingerprint density at radius 2 is 1.97 bits per heavy atom. The van der Waals surface area contributed by atoms with Crippen molar-refractivity contribution in [1.82, 2.24) is 29.2 Å². The molecule has 2 fully saturated rings. The first-order valence-electron chi connectivity index (χ1n) is 10.6. The first-order chi connectivity index (χ1) is 15.4. The summed E-state index contributed by atoms with van der Waals surface area (Å²) in [6, 6.07) is 0. The van der Waals surface area contributed by atoms with Crippen LogP contribution in [-0.4, -0.2) is 80.6 Å². The number of alkyl halides is 1. The molecular formula is C21H25FN8O2. The van der Waals surface area contributed by atoms with E-state index in [9.17, 15) is 9.18 Å². The quantitative estimate of drug-likeness (QED) is 0.618. The lowest BCUT2D eigenvalue weighted by atomic mass is 9.95. The summed E-state index contributed by atoms with van der Waals surface area (Å²) in [5.41, 5.74) is 0.298. The molecule has 32 heavy (non-hydrogen) atoms. The van der Waals surface area contributed by atoms with E-state index in [1.165, 1.54) is 19.5 Å². The lowest BCUT2D eigenvalue weighted by Gasteiger charge is -2.46. The van der Waals surface area contributed by atoms with Gasteiger partial charge in [0, 0.05) is 12.7 Å². The number of halogens is 1. The summed E-state index contributed by atoms with van der Waals surface area (Å²) in [7, 11) is 1.50. The van der Waals surface area contributed by atoms with Crippen LogP contribution >= 0.6 is 0 Å². The van der Waals surface area contributed by atoms with Crippen LogP contribution in [0.3, 0.4) is 0 Å². The van der Waals surface area contributed by atoms with Gasteiger partial charge in [0.1, 0.15) is 11.5 Å². The Morgan fingerprint density at radius 3 is 2.66 bits per heavy atom. The summed E-state index contributed by atoms with van der Waals surface area (Å²) in [6.45, 7) is 4.86. The standard InChI is InChI=1S/C21H25FN8O2/c1-14-9-29-10-16(27-20(32-2)18(29)25-14)26-19(31)15-7-24-17(8-23-15)30-12-21(22,13-30)11-28-5-3-4-6-28/h7-10H,3-6,11-13H2,1-2H3,(H,26,31). The molecule has 0 saturated carbocycles. The minimum atomic E-state index is -1.21. The summed E-state index contributed by atoms with van der Waals surface area (Å²) in [5.74, 6) is 0.715. The van der Waals surface area contributed by atoms with Gasteiger partial charge in [0.15, 0.2) is 11.5 Å². The smallest absolute Gasteiger partial charge is 0.277 e. The second-order valence-electron chi connectivity index (χ2n) is 8.45. The van der Waals surface area contributed by atoms with Crippen molar-refractivity contribution in [2.24, 2.45) is 0 Å². The fourth-order valence-corrected chi connectivity index (χ4v) is 4.31. The number of hydrogen-bond donors (Lipinski definition) is 1. The second kappa shape index (κ2) is 7.97. The lowest BCUT2D eigenvalue weighted by molar-refractivity contribution is 0.0732. The van der Waals surface area contributed by atoms with Gasteiger partial charge in [0.05, 0.1) is 44.5 Å². The molecule has 0 aromatic carbocycles. The number of nitrogens with zero attached hydrogens (tertiary/aromatic N) is 7. The molecule has 0 aliphatic carbocycles. The molecule has 0 atom stereocenters. The van der Waals surface area contributed by atoms with E-state index in [2.05, 4.69) is 30.2 Å². The zero-order valence-electron chi connectivity index (χ0n) is 18.1. The molecule has 2 aliphatic rings. The number of aryl methyl sites for hydroxylation is 1. The summed E-state index contributed by atoms with van der Waals surface area (Å²) >= 11 is 0. The molecule has 168 valence electrons. The number of carbonyl (C=O) groups excluding carboxylic acids is 1. The van der Waals surface area contributed by atoms with Crippen molar-refractivity contribution in [3.05, 3.63) is 36.2 Å². The van der Waals surface area contributed by atoms with Crippen molar-refractivity contribution in [2.45, 2.75) is 25.4 Å². The molecule has 0 radical (unpaired) electrons. The van der Waals surface area contributed by atoms with Crippen LogP contribution in [0.25, 0.3) is 5.65 Å². The number of aromatic nitrogens is 5. The van der Waals surface area contributed by atoms with Crippen LogP contribution in [0, 0.1) is 6.92 Å². The van der Waals surface area contributed by atoms with Gasteiger partial charge >= 0.3 is 0 Å². The average molecular weight is 440 g/mol. The van der Waals surface area contributed by atoms with Gasteiger partial charge in [-0.1, -0.05) is 0 Å². The van der Waals surface area contributed by atoms with Crippen LogP contribution in [0.15, 0.2) is 24.8 Å². The van der Waals surface area contributed by atoms with Crippen molar-refractivity contribution >= 4 is 23.2 Å². The van der Waals surface area contributed by atoms with Gasteiger partial charge in [0.25, 0.3) is 11.8 Å². The summed E-state index contributed by atoms with van der Waals surface area (Å²) < 4.78 is 21.9. The van der Waals surface area contributed by atoms with E-state index in [0.29, 0.717) is 29.7 Å². The predicted molar refractivity (Wildman–Crippen MR) is 116 cm³/mol. The number of hydrogen-bond acceptors (Lipinski definition) is 8. The Hall–Kier alpha value is -3.34. The van der Waals surface area contributed by atoms with Gasteiger partial charge in [-0.2, -0.15) is 4.98 Å². The fourth-order valence-electron chi connectivity index (χ4n) is 4.31. The molecule has 0 unspecified atom stereocenters. The van der Waals surface area contributed by atoms with Crippen molar-refractivity contribution in [3.8, 4) is 5.88 Å². The molecule has 2 saturated heterocycles. The third-order valence-electron chi connectivity index (χ3n) is 5.81. The maximum Gasteiger partial charge on any atom is 0.277 e. The summed E-state index contributed by atoms with van der Waals surface area (Å²) in [6.07, 6.45) is 8.64. The molecule has 5 rings (SSSR count). The number of imidazole rings is 1. The van der Waals surface area contributed by atoms with Crippen LogP contribution in [0.5, 0.6) is 5.88 Å². The summed E-state index contributed by atoms with van der Waals surface area (Å²) in [4.78, 5) is 33.8. The minimum Gasteiger partial charge on any atom is -0.478 e. The van der Waals surface area contributed by atoms with E-state index < -0.39 is 11.6 Å². The monoisotopic (exact) mass is 440 g/mol. The molecule has 1 amide bonds. The van der Waals surface area contributed by atoms with Crippen LogP contribution in [0.1, 0.15) is 29.0 Å². The average Bonchev–Trinajstić information content (AvgIpc) is 3.40. The molecule has 5 heterocycles. The number of anilines is 2. The molecule has 10 nitrogen and oxygen atoms in total. The molecule has 0 bridgehead atoms. The highest BCUT2D eigenvalue weighted by Gasteiger charge is 2.45. The van der Waals surface area contributed by atoms with Crippen molar-refractivity contribution in [3.63, 3.8) is 0 Å². The first kappa shape index (κ1) is 20.6. The van der Waals surface area contributed by atoms with Gasteiger partial charge in [-0.15, -0.1) is 0 Å². The number of methoxy groups -OCH3 is 1. The minimum absolute atomic E-state index is 0.139. The van der Waals surface area contributed by atoms with Crippen molar-refractivity contribution in [1.29, 1.82) is 0 Å². The number of fused-ring (bicyclic) bond motifs is 1. The predicted octanol–water partition coefficient (Wildman–Crippen LogP) is 1.71. The normalized spacial score (nSPS) is 18.0. The third kappa shape index (κ3) is 3.95. The van der Waals surface area contributed by atoms with E-state index in [1.54, 1.807) is 10.6 Å². The Morgan fingerprint density at radius 1 is 1.19 bits per heavy atom. The molecule has 3 aromatic heterocycles. The van der Waals surface area contributed by atoms with Gasteiger partial charge in [-0.25, -0.2) is 19.3 Å². The highest BCUT2D eigenvalue weighted by Crippen LogP contribution is 2.31. The molecule has 1 N–H and O–H groups in total. The largest absolute Gasteiger partial charge is 0.478 e. The maximum absolute atomic E-state index is 14.9. The SMILES string of the molecule is COc1nc(NC(=O)c2cnc(N3CC(F)(CN4CCCC4)C3)cn2)cn2cc(C)nc12. The Bertz CT molecular complexity index is 1140. The van der Waals surface area contributed by atoms with Gasteiger partial charge in [-0.3, -0.25) is 9.20 Å². The van der Waals surface area contributed by atoms with Crippen LogP contribution < -0.4 is 15.0 Å². The molecule has 11 heteroatoms. The number of amides is 1. The Labute approximate surface area is 184 Å². The van der Waals surface area contributed by atoms with Gasteiger partial charge in [0.2, 0.25) is 5.65 Å². The highest BCUT2D eigenvalue weighted by atomic mass is 19.1. The maximum atomic E-state index is 14.9. The topological polar surface area (TPSA) is 101 Å². The molecular weight excluding hydrogens is 415 g/mol. The number of ether oxygens (including phenoxy) is 1. The molecule has 0 spiro atoms. The fraction of sp³-hybridized carbons (Fsp3) is 0.476.